The first-order valence-electron chi connectivity index (χ1n) is 17.0. The molecule has 0 aliphatic heterocycles. The van der Waals surface area contributed by atoms with Gasteiger partial charge in [-0.05, 0) is 67.5 Å². The van der Waals surface area contributed by atoms with E-state index in [9.17, 15) is 4.57 Å². The van der Waals surface area contributed by atoms with Crippen molar-refractivity contribution in [2.75, 3.05) is 19.8 Å². The van der Waals surface area contributed by atoms with Crippen molar-refractivity contribution in [3.05, 3.63) is 59.7 Å². The highest BCUT2D eigenvalue weighted by molar-refractivity contribution is 7.49. The van der Waals surface area contributed by atoms with Gasteiger partial charge in [0.1, 0.15) is 11.5 Å². The number of benzene rings is 2. The third-order valence-corrected chi connectivity index (χ3v) is 8.91. The molecule has 0 N–H and O–H groups in total. The van der Waals surface area contributed by atoms with E-state index in [1.54, 1.807) is 0 Å². The van der Waals surface area contributed by atoms with Crippen LogP contribution in [-0.4, -0.2) is 19.8 Å². The minimum Gasteiger partial charge on any atom is -0.395 e. The number of phosphoric acid groups is 1. The van der Waals surface area contributed by atoms with Gasteiger partial charge in [-0.1, -0.05) is 129 Å². The molecule has 6 heteroatoms. The summed E-state index contributed by atoms with van der Waals surface area (Å²) >= 11 is 0. The summed E-state index contributed by atoms with van der Waals surface area (Å²) in [5.41, 5.74) is 2.52. The fraction of sp³-hybridized carbons (Fsp3) is 0.667. The molecule has 2 rings (SSSR count). The number of phosphoric ester groups is 1. The van der Waals surface area contributed by atoms with E-state index in [1.165, 1.54) is 101 Å². The highest BCUT2D eigenvalue weighted by Gasteiger charge is 2.31. The van der Waals surface area contributed by atoms with Crippen LogP contribution in [-0.2, 0) is 26.7 Å². The Morgan fingerprint density at radius 2 is 0.881 bits per heavy atom. The molecule has 0 unspecified atom stereocenters. The molecule has 0 aromatic heterocycles. The largest absolute Gasteiger partial charge is 0.587 e. The summed E-state index contributed by atoms with van der Waals surface area (Å²) in [5, 5.41) is 0. The van der Waals surface area contributed by atoms with E-state index in [4.69, 9.17) is 18.3 Å². The summed E-state index contributed by atoms with van der Waals surface area (Å²) in [5.74, 6) is 0.952. The van der Waals surface area contributed by atoms with Crippen LogP contribution in [0, 0.1) is 0 Å². The SMILES string of the molecule is CCCCCCCCCc1ccc(OP(=O)(OCCOCCCC)Oc2ccc(CCCCCCCCC)cc2)cc1. The molecule has 0 aliphatic rings. The van der Waals surface area contributed by atoms with Crippen LogP contribution in [0.15, 0.2) is 48.5 Å². The topological polar surface area (TPSA) is 54.0 Å². The standard InChI is InChI=1S/C36H59O5P/c1-4-7-10-12-14-16-18-20-33-22-26-35(27-23-33)40-42(37,39-32-31-38-30-9-6-3)41-36-28-24-34(25-29-36)21-19-17-15-13-11-8-5-2/h22-29H,4-21,30-32H2,1-3H3. The van der Waals surface area contributed by atoms with Crippen molar-refractivity contribution in [1.82, 2.24) is 0 Å². The first-order valence-corrected chi connectivity index (χ1v) is 18.4. The predicted molar refractivity (Wildman–Crippen MR) is 177 cm³/mol. The molecule has 0 bridgehead atoms. The molecule has 0 aliphatic carbocycles. The van der Waals surface area contributed by atoms with Crippen LogP contribution in [0.25, 0.3) is 0 Å². The van der Waals surface area contributed by atoms with Gasteiger partial charge in [0.15, 0.2) is 0 Å². The Balaban J connectivity index is 1.88. The number of rotatable bonds is 27. The molecule has 2 aromatic carbocycles. The van der Waals surface area contributed by atoms with E-state index in [-0.39, 0.29) is 6.61 Å². The van der Waals surface area contributed by atoms with E-state index in [1.807, 2.05) is 48.5 Å². The van der Waals surface area contributed by atoms with Crippen molar-refractivity contribution in [1.29, 1.82) is 0 Å². The molecule has 2 aromatic rings. The molecular weight excluding hydrogens is 543 g/mol. The van der Waals surface area contributed by atoms with Gasteiger partial charge in [0.25, 0.3) is 0 Å². The first-order chi connectivity index (χ1) is 20.6. The van der Waals surface area contributed by atoms with E-state index in [0.29, 0.717) is 24.7 Å². The van der Waals surface area contributed by atoms with Gasteiger partial charge in [0, 0.05) is 6.61 Å². The van der Waals surface area contributed by atoms with E-state index >= 15 is 0 Å². The lowest BCUT2D eigenvalue weighted by Gasteiger charge is -2.19. The maximum absolute atomic E-state index is 13.7. The van der Waals surface area contributed by atoms with Crippen LogP contribution >= 0.6 is 7.82 Å². The van der Waals surface area contributed by atoms with Crippen molar-refractivity contribution in [2.45, 2.75) is 136 Å². The third-order valence-electron chi connectivity index (χ3n) is 7.54. The van der Waals surface area contributed by atoms with E-state index < -0.39 is 7.82 Å². The van der Waals surface area contributed by atoms with Crippen LogP contribution in [0.3, 0.4) is 0 Å². The van der Waals surface area contributed by atoms with Gasteiger partial charge in [0.05, 0.1) is 13.2 Å². The van der Waals surface area contributed by atoms with Crippen molar-refractivity contribution < 1.29 is 22.9 Å². The molecular formula is C36H59O5P. The van der Waals surface area contributed by atoms with Crippen molar-refractivity contribution in [3.63, 3.8) is 0 Å². The average molecular weight is 603 g/mol. The Hall–Kier alpha value is -1.81. The summed E-state index contributed by atoms with van der Waals surface area (Å²) < 4.78 is 36.8. The lowest BCUT2D eigenvalue weighted by atomic mass is 10.0. The monoisotopic (exact) mass is 602 g/mol. The normalized spacial score (nSPS) is 11.6. The quantitative estimate of drug-likeness (QED) is 0.0752. The fourth-order valence-electron chi connectivity index (χ4n) is 4.89. The second-order valence-electron chi connectivity index (χ2n) is 11.5. The zero-order chi connectivity index (χ0) is 30.1. The van der Waals surface area contributed by atoms with Crippen molar-refractivity contribution >= 4 is 7.82 Å². The summed E-state index contributed by atoms with van der Waals surface area (Å²) in [6, 6.07) is 15.6. The van der Waals surface area contributed by atoms with Gasteiger partial charge in [-0.25, -0.2) is 4.57 Å². The summed E-state index contributed by atoms with van der Waals surface area (Å²) in [4.78, 5) is 0. The summed E-state index contributed by atoms with van der Waals surface area (Å²) in [6.07, 6.45) is 22.3. The molecule has 0 saturated heterocycles. The van der Waals surface area contributed by atoms with Crippen molar-refractivity contribution in [2.24, 2.45) is 0 Å². The van der Waals surface area contributed by atoms with E-state index in [2.05, 4.69) is 20.8 Å². The molecule has 0 spiro atoms. The number of hydrogen-bond donors (Lipinski definition) is 0. The van der Waals surface area contributed by atoms with Crippen LogP contribution in [0.5, 0.6) is 11.5 Å². The molecule has 0 fully saturated rings. The zero-order valence-electron chi connectivity index (χ0n) is 27.0. The molecule has 42 heavy (non-hydrogen) atoms. The molecule has 0 heterocycles. The Labute approximate surface area is 257 Å². The van der Waals surface area contributed by atoms with Crippen LogP contribution in [0.1, 0.15) is 135 Å². The zero-order valence-corrected chi connectivity index (χ0v) is 27.9. The van der Waals surface area contributed by atoms with E-state index in [0.717, 1.165) is 25.7 Å². The van der Waals surface area contributed by atoms with Gasteiger partial charge >= 0.3 is 7.82 Å². The lowest BCUT2D eigenvalue weighted by molar-refractivity contribution is 0.0865. The number of unbranched alkanes of at least 4 members (excludes halogenated alkanes) is 13. The maximum atomic E-state index is 13.7. The predicted octanol–water partition coefficient (Wildman–Crippen LogP) is 11.7. The summed E-state index contributed by atoms with van der Waals surface area (Å²) in [7, 11) is -3.91. The number of ether oxygens (including phenoxy) is 1. The summed E-state index contributed by atoms with van der Waals surface area (Å²) in [6.45, 7) is 7.76. The Morgan fingerprint density at radius 1 is 0.476 bits per heavy atom. The van der Waals surface area contributed by atoms with Gasteiger partial charge in [-0.15, -0.1) is 0 Å². The minimum absolute atomic E-state index is 0.133. The van der Waals surface area contributed by atoms with Gasteiger partial charge in [-0.2, -0.15) is 0 Å². The first kappa shape index (κ1) is 36.4. The molecule has 0 radical (unpaired) electrons. The van der Waals surface area contributed by atoms with Crippen LogP contribution in [0.4, 0.5) is 0 Å². The Kier molecular flexibility index (Phi) is 20.5. The van der Waals surface area contributed by atoms with Gasteiger partial charge in [0.2, 0.25) is 0 Å². The second-order valence-corrected chi connectivity index (χ2v) is 13.0. The molecule has 0 saturated carbocycles. The number of aryl methyl sites for hydroxylation is 2. The highest BCUT2D eigenvalue weighted by atomic mass is 31.2. The second kappa shape index (κ2) is 23.6. The maximum Gasteiger partial charge on any atom is 0.587 e. The highest BCUT2D eigenvalue weighted by Crippen LogP contribution is 2.49. The lowest BCUT2D eigenvalue weighted by Crippen LogP contribution is -2.10. The minimum atomic E-state index is -3.91. The Bertz CT molecular complexity index is 877. The molecule has 238 valence electrons. The molecule has 0 amide bonds. The van der Waals surface area contributed by atoms with Gasteiger partial charge < -0.3 is 13.8 Å². The molecule has 0 atom stereocenters. The third kappa shape index (κ3) is 17.3. The molecule has 5 nitrogen and oxygen atoms in total. The number of hydrogen-bond acceptors (Lipinski definition) is 5. The Morgan fingerprint density at radius 3 is 1.31 bits per heavy atom. The average Bonchev–Trinajstić information content (AvgIpc) is 2.99. The van der Waals surface area contributed by atoms with Crippen LogP contribution < -0.4 is 9.05 Å². The fourth-order valence-corrected chi connectivity index (χ4v) is 6.09. The van der Waals surface area contributed by atoms with Gasteiger partial charge in [-0.3, -0.25) is 4.52 Å². The van der Waals surface area contributed by atoms with Crippen LogP contribution in [0.2, 0.25) is 0 Å². The smallest absolute Gasteiger partial charge is 0.395 e. The van der Waals surface area contributed by atoms with Crippen molar-refractivity contribution in [3.8, 4) is 11.5 Å².